The summed E-state index contributed by atoms with van der Waals surface area (Å²) in [5, 5.41) is 3.62. The fourth-order valence-electron chi connectivity index (χ4n) is 2.75. The third kappa shape index (κ3) is 3.77. The van der Waals surface area contributed by atoms with Crippen LogP contribution in [-0.4, -0.2) is 10.9 Å². The molecule has 2 heterocycles. The second-order valence-electron chi connectivity index (χ2n) is 6.12. The third-order valence-electron chi connectivity index (χ3n) is 4.04. The maximum Gasteiger partial charge on any atom is 0.262 e. The van der Waals surface area contributed by atoms with E-state index in [4.69, 9.17) is 4.42 Å². The maximum absolute atomic E-state index is 12.9. The average molecular weight is 355 g/mol. The van der Waals surface area contributed by atoms with Crippen LogP contribution < -0.4 is 10.9 Å². The molecule has 0 spiro atoms. The number of rotatable bonds is 3. The molecule has 1 N–H and O–H groups in total. The van der Waals surface area contributed by atoms with Crippen molar-refractivity contribution in [3.8, 4) is 0 Å². The van der Waals surface area contributed by atoms with E-state index in [1.165, 1.54) is 0 Å². The first-order chi connectivity index (χ1) is 13.2. The van der Waals surface area contributed by atoms with Crippen molar-refractivity contribution < 1.29 is 9.21 Å². The van der Waals surface area contributed by atoms with Crippen molar-refractivity contribution in [3.63, 3.8) is 0 Å². The summed E-state index contributed by atoms with van der Waals surface area (Å²) in [5.41, 5.74) is 3.07. The van der Waals surface area contributed by atoms with Crippen molar-refractivity contribution in [3.05, 3.63) is 95.7 Å². The SMILES string of the molecule is Cc1cccc(N=c2oc3ccccc3cc2C(=O)Nc2ccccn2)c1. The second-order valence-corrected chi connectivity index (χ2v) is 6.12. The lowest BCUT2D eigenvalue weighted by Crippen LogP contribution is -2.22. The largest absolute Gasteiger partial charge is 0.438 e. The molecule has 0 saturated carbocycles. The van der Waals surface area contributed by atoms with Crippen molar-refractivity contribution in [2.24, 2.45) is 4.99 Å². The third-order valence-corrected chi connectivity index (χ3v) is 4.04. The van der Waals surface area contributed by atoms with Crippen molar-refractivity contribution in [2.45, 2.75) is 6.92 Å². The number of hydrogen-bond donors (Lipinski definition) is 1. The number of hydrogen-bond acceptors (Lipinski definition) is 4. The Morgan fingerprint density at radius 1 is 1.00 bits per heavy atom. The molecule has 0 aliphatic rings. The van der Waals surface area contributed by atoms with Gasteiger partial charge in [0.05, 0.1) is 5.69 Å². The summed E-state index contributed by atoms with van der Waals surface area (Å²) in [6.45, 7) is 1.99. The van der Waals surface area contributed by atoms with E-state index in [1.54, 1.807) is 24.4 Å². The summed E-state index contributed by atoms with van der Waals surface area (Å²) in [7, 11) is 0. The molecule has 0 unspecified atom stereocenters. The number of carbonyl (C=O) groups is 1. The number of aryl methyl sites for hydroxylation is 1. The van der Waals surface area contributed by atoms with E-state index in [1.807, 2.05) is 61.5 Å². The van der Waals surface area contributed by atoms with Gasteiger partial charge >= 0.3 is 0 Å². The van der Waals surface area contributed by atoms with Gasteiger partial charge in [-0.05, 0) is 48.9 Å². The highest BCUT2D eigenvalue weighted by molar-refractivity contribution is 6.04. The standard InChI is InChI=1S/C22H17N3O2/c1-15-7-6-9-17(13-15)24-22-18(14-16-8-2-3-10-19(16)27-22)21(26)25-20-11-4-5-12-23-20/h2-14H,1H3,(H,23,25,26). The van der Waals surface area contributed by atoms with Gasteiger partial charge in [0.25, 0.3) is 5.91 Å². The van der Waals surface area contributed by atoms with Crippen LogP contribution in [0.1, 0.15) is 15.9 Å². The van der Waals surface area contributed by atoms with Gasteiger partial charge < -0.3 is 9.73 Å². The predicted octanol–water partition coefficient (Wildman–Crippen LogP) is 4.62. The zero-order valence-electron chi connectivity index (χ0n) is 14.7. The van der Waals surface area contributed by atoms with Crippen molar-refractivity contribution in [2.75, 3.05) is 5.32 Å². The van der Waals surface area contributed by atoms with E-state index in [0.29, 0.717) is 17.0 Å². The van der Waals surface area contributed by atoms with Gasteiger partial charge in [-0.2, -0.15) is 0 Å². The molecule has 0 bridgehead atoms. The highest BCUT2D eigenvalue weighted by atomic mass is 16.3. The second kappa shape index (κ2) is 7.25. The Labute approximate surface area is 156 Å². The molecule has 0 saturated heterocycles. The number of benzene rings is 2. The quantitative estimate of drug-likeness (QED) is 0.583. The first-order valence-electron chi connectivity index (χ1n) is 8.56. The van der Waals surface area contributed by atoms with E-state index >= 15 is 0 Å². The molecule has 0 atom stereocenters. The van der Waals surface area contributed by atoms with E-state index in [-0.39, 0.29) is 11.5 Å². The normalized spacial score (nSPS) is 11.5. The number of para-hydroxylation sites is 1. The molecule has 27 heavy (non-hydrogen) atoms. The Kier molecular flexibility index (Phi) is 4.49. The summed E-state index contributed by atoms with van der Waals surface area (Å²) >= 11 is 0. The van der Waals surface area contributed by atoms with Gasteiger partial charge in [-0.25, -0.2) is 9.98 Å². The molecule has 1 amide bonds. The van der Waals surface area contributed by atoms with Gasteiger partial charge in [-0.15, -0.1) is 0 Å². The zero-order chi connectivity index (χ0) is 18.6. The van der Waals surface area contributed by atoms with Crippen LogP contribution in [-0.2, 0) is 0 Å². The smallest absolute Gasteiger partial charge is 0.262 e. The lowest BCUT2D eigenvalue weighted by Gasteiger charge is -2.06. The summed E-state index contributed by atoms with van der Waals surface area (Å²) in [6.07, 6.45) is 1.62. The topological polar surface area (TPSA) is 67.5 Å². The molecule has 5 nitrogen and oxygen atoms in total. The van der Waals surface area contributed by atoms with Crippen molar-refractivity contribution >= 4 is 28.4 Å². The van der Waals surface area contributed by atoms with Gasteiger partial charge in [0.2, 0.25) is 5.55 Å². The number of amides is 1. The molecule has 4 rings (SSSR count). The molecule has 2 aromatic carbocycles. The molecule has 0 fully saturated rings. The zero-order valence-corrected chi connectivity index (χ0v) is 14.7. The molecule has 132 valence electrons. The van der Waals surface area contributed by atoms with Gasteiger partial charge in [0, 0.05) is 11.6 Å². The first-order valence-corrected chi connectivity index (χ1v) is 8.56. The predicted molar refractivity (Wildman–Crippen MR) is 105 cm³/mol. The highest BCUT2D eigenvalue weighted by Gasteiger charge is 2.13. The Balaban J connectivity index is 1.85. The Morgan fingerprint density at radius 2 is 1.85 bits per heavy atom. The molecule has 5 heteroatoms. The number of carbonyl (C=O) groups excluding carboxylic acids is 1. The van der Waals surface area contributed by atoms with Gasteiger partial charge in [-0.1, -0.05) is 36.4 Å². The van der Waals surface area contributed by atoms with Crippen LogP contribution in [0.25, 0.3) is 11.0 Å². The molecule has 2 aromatic heterocycles. The van der Waals surface area contributed by atoms with Crippen LogP contribution in [0, 0.1) is 6.92 Å². The van der Waals surface area contributed by atoms with Crippen molar-refractivity contribution in [1.82, 2.24) is 4.98 Å². The number of anilines is 1. The maximum atomic E-state index is 12.9. The highest BCUT2D eigenvalue weighted by Crippen LogP contribution is 2.16. The van der Waals surface area contributed by atoms with Crippen LogP contribution in [0.4, 0.5) is 11.5 Å². The van der Waals surface area contributed by atoms with E-state index < -0.39 is 0 Å². The number of aromatic nitrogens is 1. The molecular weight excluding hydrogens is 338 g/mol. The molecule has 0 aliphatic carbocycles. The molecular formula is C22H17N3O2. The minimum atomic E-state index is -0.324. The van der Waals surface area contributed by atoms with Crippen LogP contribution in [0.5, 0.6) is 0 Å². The minimum absolute atomic E-state index is 0.257. The number of fused-ring (bicyclic) bond motifs is 1. The molecule has 4 aromatic rings. The van der Waals surface area contributed by atoms with Gasteiger partial charge in [-0.3, -0.25) is 4.79 Å². The lowest BCUT2D eigenvalue weighted by molar-refractivity contribution is 0.102. The van der Waals surface area contributed by atoms with Gasteiger partial charge in [0.15, 0.2) is 0 Å². The number of nitrogens with one attached hydrogen (secondary N) is 1. The Bertz CT molecular complexity index is 1180. The van der Waals surface area contributed by atoms with E-state index in [0.717, 1.165) is 16.6 Å². The minimum Gasteiger partial charge on any atom is -0.438 e. The van der Waals surface area contributed by atoms with E-state index in [9.17, 15) is 4.79 Å². The van der Waals surface area contributed by atoms with Gasteiger partial charge in [0.1, 0.15) is 17.0 Å². The monoisotopic (exact) mass is 355 g/mol. The van der Waals surface area contributed by atoms with Crippen LogP contribution in [0.3, 0.4) is 0 Å². The van der Waals surface area contributed by atoms with Crippen LogP contribution in [0.2, 0.25) is 0 Å². The summed E-state index contributed by atoms with van der Waals surface area (Å²) in [6, 6.07) is 22.4. The first kappa shape index (κ1) is 16.7. The number of pyridine rings is 1. The van der Waals surface area contributed by atoms with Crippen LogP contribution >= 0.6 is 0 Å². The van der Waals surface area contributed by atoms with Crippen LogP contribution in [0.15, 0.2) is 88.4 Å². The fourth-order valence-corrected chi connectivity index (χ4v) is 2.75. The molecule has 0 aliphatic heterocycles. The fraction of sp³-hybridized carbons (Fsp3) is 0.0455. The lowest BCUT2D eigenvalue weighted by atomic mass is 10.1. The molecule has 0 radical (unpaired) electrons. The summed E-state index contributed by atoms with van der Waals surface area (Å²) < 4.78 is 5.95. The van der Waals surface area contributed by atoms with Crippen molar-refractivity contribution in [1.29, 1.82) is 0 Å². The summed E-state index contributed by atoms with van der Waals surface area (Å²) in [5.74, 6) is 0.145. The summed E-state index contributed by atoms with van der Waals surface area (Å²) in [4.78, 5) is 21.6. The Hall–Kier alpha value is -3.73. The van der Waals surface area contributed by atoms with E-state index in [2.05, 4.69) is 15.3 Å². The Morgan fingerprint density at radius 3 is 2.67 bits per heavy atom. The average Bonchev–Trinajstić information content (AvgIpc) is 2.68. The number of nitrogens with zero attached hydrogens (tertiary/aromatic N) is 2.